The van der Waals surface area contributed by atoms with Gasteiger partial charge in [-0.15, -0.1) is 0 Å². The van der Waals surface area contributed by atoms with Gasteiger partial charge in [0.2, 0.25) is 0 Å². The summed E-state index contributed by atoms with van der Waals surface area (Å²) in [7, 11) is 0. The van der Waals surface area contributed by atoms with Crippen molar-refractivity contribution in [1.29, 1.82) is 0 Å². The molecule has 2 atom stereocenters. The highest BCUT2D eigenvalue weighted by Crippen LogP contribution is 2.43. The van der Waals surface area contributed by atoms with Crippen molar-refractivity contribution in [1.82, 2.24) is 10.2 Å². The Morgan fingerprint density at radius 3 is 2.71 bits per heavy atom. The van der Waals surface area contributed by atoms with Crippen LogP contribution in [0.4, 0.5) is 0 Å². The fourth-order valence-corrected chi connectivity index (χ4v) is 3.40. The second-order valence-electron chi connectivity index (χ2n) is 6.80. The third-order valence-corrected chi connectivity index (χ3v) is 4.75. The van der Waals surface area contributed by atoms with E-state index in [0.29, 0.717) is 18.6 Å². The molecular formula is C16H28N2O3. The SMILES string of the molecule is CCOC(=O)C(CN1CCOC(C)C1)(NC1CC1)C1CC1. The second-order valence-corrected chi connectivity index (χ2v) is 6.80. The highest BCUT2D eigenvalue weighted by atomic mass is 16.5. The highest BCUT2D eigenvalue weighted by Gasteiger charge is 2.54. The highest BCUT2D eigenvalue weighted by molar-refractivity contribution is 5.82. The molecule has 3 rings (SSSR count). The van der Waals surface area contributed by atoms with E-state index in [1.54, 1.807) is 0 Å². The lowest BCUT2D eigenvalue weighted by Crippen LogP contribution is -2.63. The number of hydrogen-bond donors (Lipinski definition) is 1. The number of carbonyl (C=O) groups is 1. The molecule has 1 aliphatic heterocycles. The van der Waals surface area contributed by atoms with Gasteiger partial charge in [0.25, 0.3) is 0 Å². The molecule has 2 saturated carbocycles. The molecule has 120 valence electrons. The number of rotatable bonds is 7. The molecule has 1 heterocycles. The summed E-state index contributed by atoms with van der Waals surface area (Å²) < 4.78 is 11.1. The van der Waals surface area contributed by atoms with Crippen LogP contribution in [0.25, 0.3) is 0 Å². The largest absolute Gasteiger partial charge is 0.465 e. The summed E-state index contributed by atoms with van der Waals surface area (Å²) in [4.78, 5) is 15.1. The van der Waals surface area contributed by atoms with Crippen LogP contribution in [0, 0.1) is 5.92 Å². The first-order chi connectivity index (χ1) is 10.1. The molecule has 5 heteroatoms. The number of carbonyl (C=O) groups excluding carboxylic acids is 1. The van der Waals surface area contributed by atoms with Gasteiger partial charge < -0.3 is 9.47 Å². The van der Waals surface area contributed by atoms with Crippen LogP contribution in [-0.2, 0) is 14.3 Å². The Labute approximate surface area is 127 Å². The van der Waals surface area contributed by atoms with E-state index in [1.807, 2.05) is 6.92 Å². The number of morpholine rings is 1. The summed E-state index contributed by atoms with van der Waals surface area (Å²) in [6.45, 7) is 7.78. The van der Waals surface area contributed by atoms with E-state index in [2.05, 4.69) is 17.1 Å². The Kier molecular flexibility index (Phi) is 4.52. The van der Waals surface area contributed by atoms with Crippen molar-refractivity contribution in [3.63, 3.8) is 0 Å². The number of hydrogen-bond acceptors (Lipinski definition) is 5. The average molecular weight is 296 g/mol. The monoisotopic (exact) mass is 296 g/mol. The molecule has 2 unspecified atom stereocenters. The summed E-state index contributed by atoms with van der Waals surface area (Å²) in [5.74, 6) is 0.397. The van der Waals surface area contributed by atoms with Gasteiger partial charge >= 0.3 is 5.97 Å². The Morgan fingerprint density at radius 2 is 2.14 bits per heavy atom. The smallest absolute Gasteiger partial charge is 0.327 e. The summed E-state index contributed by atoms with van der Waals surface area (Å²) in [6, 6.07) is 0.508. The second kappa shape index (κ2) is 6.23. The molecule has 21 heavy (non-hydrogen) atoms. The van der Waals surface area contributed by atoms with Crippen LogP contribution >= 0.6 is 0 Å². The molecule has 5 nitrogen and oxygen atoms in total. The third kappa shape index (κ3) is 3.58. The van der Waals surface area contributed by atoms with Crippen LogP contribution in [0.5, 0.6) is 0 Å². The Morgan fingerprint density at radius 1 is 1.38 bits per heavy atom. The first-order valence-corrected chi connectivity index (χ1v) is 8.43. The van der Waals surface area contributed by atoms with Gasteiger partial charge in [-0.2, -0.15) is 0 Å². The molecule has 0 radical (unpaired) electrons. The molecular weight excluding hydrogens is 268 g/mol. The number of nitrogens with one attached hydrogen (secondary N) is 1. The van der Waals surface area contributed by atoms with Crippen LogP contribution in [-0.4, -0.2) is 61.4 Å². The third-order valence-electron chi connectivity index (χ3n) is 4.75. The maximum absolute atomic E-state index is 12.7. The van der Waals surface area contributed by atoms with Crippen molar-refractivity contribution >= 4 is 5.97 Å². The average Bonchev–Trinajstić information content (AvgIpc) is 3.32. The van der Waals surface area contributed by atoms with Crippen LogP contribution in [0.2, 0.25) is 0 Å². The van der Waals surface area contributed by atoms with Gasteiger partial charge in [0.05, 0.1) is 19.3 Å². The maximum Gasteiger partial charge on any atom is 0.327 e. The first kappa shape index (κ1) is 15.3. The lowest BCUT2D eigenvalue weighted by Gasteiger charge is -2.40. The lowest BCUT2D eigenvalue weighted by molar-refractivity contribution is -0.154. The lowest BCUT2D eigenvalue weighted by atomic mass is 9.91. The number of esters is 1. The minimum Gasteiger partial charge on any atom is -0.465 e. The molecule has 0 bridgehead atoms. The van der Waals surface area contributed by atoms with Gasteiger partial charge in [-0.25, -0.2) is 4.79 Å². The van der Waals surface area contributed by atoms with Gasteiger partial charge in [-0.05, 0) is 45.4 Å². The Bertz CT molecular complexity index is 382. The van der Waals surface area contributed by atoms with E-state index < -0.39 is 5.54 Å². The zero-order valence-corrected chi connectivity index (χ0v) is 13.3. The summed E-state index contributed by atoms with van der Waals surface area (Å²) >= 11 is 0. The standard InChI is InChI=1S/C16H28N2O3/c1-3-20-15(19)16(13-4-5-13,17-14-6-7-14)11-18-8-9-21-12(2)10-18/h12-14,17H,3-11H2,1-2H3. The molecule has 0 aromatic carbocycles. The zero-order chi connectivity index (χ0) is 14.9. The fraction of sp³-hybridized carbons (Fsp3) is 0.938. The molecule has 3 aliphatic rings. The van der Waals surface area contributed by atoms with Crippen molar-refractivity contribution in [3.05, 3.63) is 0 Å². The Balaban J connectivity index is 1.74. The van der Waals surface area contributed by atoms with E-state index in [4.69, 9.17) is 9.47 Å². The maximum atomic E-state index is 12.7. The van der Waals surface area contributed by atoms with Crippen molar-refractivity contribution < 1.29 is 14.3 Å². The van der Waals surface area contributed by atoms with Crippen molar-refractivity contribution in [2.24, 2.45) is 5.92 Å². The Hall–Kier alpha value is -0.650. The van der Waals surface area contributed by atoms with Gasteiger partial charge in [0.1, 0.15) is 5.54 Å². The molecule has 0 spiro atoms. The first-order valence-electron chi connectivity index (χ1n) is 8.43. The topological polar surface area (TPSA) is 50.8 Å². The molecule has 2 aliphatic carbocycles. The van der Waals surface area contributed by atoms with Gasteiger partial charge in [-0.3, -0.25) is 10.2 Å². The summed E-state index contributed by atoms with van der Waals surface area (Å²) in [5.41, 5.74) is -0.492. The van der Waals surface area contributed by atoms with E-state index >= 15 is 0 Å². The quantitative estimate of drug-likeness (QED) is 0.715. The molecule has 1 N–H and O–H groups in total. The van der Waals surface area contributed by atoms with Crippen LogP contribution in [0.15, 0.2) is 0 Å². The van der Waals surface area contributed by atoms with Gasteiger partial charge in [0, 0.05) is 25.7 Å². The van der Waals surface area contributed by atoms with Crippen molar-refractivity contribution in [2.75, 3.05) is 32.8 Å². The number of nitrogens with zero attached hydrogens (tertiary/aromatic N) is 1. The number of ether oxygens (including phenoxy) is 2. The molecule has 0 aromatic heterocycles. The minimum atomic E-state index is -0.492. The predicted molar refractivity (Wildman–Crippen MR) is 80.1 cm³/mol. The van der Waals surface area contributed by atoms with Gasteiger partial charge in [-0.1, -0.05) is 0 Å². The normalized spacial score (nSPS) is 29.9. The van der Waals surface area contributed by atoms with Crippen molar-refractivity contribution in [3.8, 4) is 0 Å². The van der Waals surface area contributed by atoms with Crippen LogP contribution < -0.4 is 5.32 Å². The molecule has 3 fully saturated rings. The molecule has 0 amide bonds. The van der Waals surface area contributed by atoms with Gasteiger partial charge in [0.15, 0.2) is 0 Å². The molecule has 0 aromatic rings. The van der Waals surface area contributed by atoms with E-state index in [-0.39, 0.29) is 12.1 Å². The summed E-state index contributed by atoms with van der Waals surface area (Å²) in [6.07, 6.45) is 4.90. The fourth-order valence-electron chi connectivity index (χ4n) is 3.40. The summed E-state index contributed by atoms with van der Waals surface area (Å²) in [5, 5.41) is 3.66. The predicted octanol–water partition coefficient (Wildman–Crippen LogP) is 1.17. The molecule has 1 saturated heterocycles. The van der Waals surface area contributed by atoms with Crippen molar-refractivity contribution in [2.45, 2.75) is 57.2 Å². The van der Waals surface area contributed by atoms with E-state index in [9.17, 15) is 4.79 Å². The van der Waals surface area contributed by atoms with Crippen LogP contribution in [0.1, 0.15) is 39.5 Å². The van der Waals surface area contributed by atoms with E-state index in [1.165, 1.54) is 12.8 Å². The van der Waals surface area contributed by atoms with Crippen LogP contribution in [0.3, 0.4) is 0 Å². The van der Waals surface area contributed by atoms with E-state index in [0.717, 1.165) is 39.1 Å². The minimum absolute atomic E-state index is 0.0430. The zero-order valence-electron chi connectivity index (χ0n) is 13.3.